The van der Waals surface area contributed by atoms with Crippen LogP contribution >= 0.6 is 0 Å². The standard InChI is InChI=1S/C13H12N2O4S/c14-20(17,18)19-12-8-6-11(7-9-12)15-13(16)10-4-2-1-3-5-10/h1-9H,(H,15,16)(H2,14,17,18). The van der Waals surface area contributed by atoms with E-state index in [0.29, 0.717) is 11.3 Å². The number of nitrogens with one attached hydrogen (secondary N) is 1. The molecule has 0 aromatic heterocycles. The molecule has 0 spiro atoms. The van der Waals surface area contributed by atoms with E-state index in [1.54, 1.807) is 24.3 Å². The second-order valence-corrected chi connectivity index (χ2v) is 5.07. The van der Waals surface area contributed by atoms with Crippen LogP contribution in [0.1, 0.15) is 10.4 Å². The minimum absolute atomic E-state index is 0.0743. The lowest BCUT2D eigenvalue weighted by atomic mass is 10.2. The Bertz CT molecular complexity index is 697. The minimum Gasteiger partial charge on any atom is -0.371 e. The Hall–Kier alpha value is -2.38. The van der Waals surface area contributed by atoms with Gasteiger partial charge in [0.25, 0.3) is 5.91 Å². The van der Waals surface area contributed by atoms with Crippen molar-refractivity contribution < 1.29 is 17.4 Å². The first-order valence-corrected chi connectivity index (χ1v) is 7.10. The molecule has 0 bridgehead atoms. The van der Waals surface area contributed by atoms with Crippen molar-refractivity contribution in [3.8, 4) is 5.75 Å². The van der Waals surface area contributed by atoms with Crippen molar-refractivity contribution in [2.45, 2.75) is 0 Å². The first-order valence-electron chi connectivity index (χ1n) is 5.63. The van der Waals surface area contributed by atoms with Gasteiger partial charge in [0, 0.05) is 11.3 Å². The molecule has 0 unspecified atom stereocenters. The van der Waals surface area contributed by atoms with Gasteiger partial charge in [0.2, 0.25) is 0 Å². The highest BCUT2D eigenvalue weighted by Gasteiger charge is 2.07. The molecule has 2 aromatic carbocycles. The Kier molecular flexibility index (Phi) is 4.02. The molecule has 0 radical (unpaired) electrons. The van der Waals surface area contributed by atoms with Gasteiger partial charge in [0.05, 0.1) is 0 Å². The summed E-state index contributed by atoms with van der Waals surface area (Å²) < 4.78 is 26.0. The molecule has 0 fully saturated rings. The summed E-state index contributed by atoms with van der Waals surface area (Å²) in [5, 5.41) is 7.42. The third-order valence-electron chi connectivity index (χ3n) is 2.36. The summed E-state index contributed by atoms with van der Waals surface area (Å²) in [5.74, 6) is -0.184. The van der Waals surface area contributed by atoms with Crippen LogP contribution in [-0.4, -0.2) is 14.3 Å². The zero-order chi connectivity index (χ0) is 14.6. The summed E-state index contributed by atoms with van der Waals surface area (Å²) in [6.07, 6.45) is 0. The Morgan fingerprint density at radius 1 is 1.00 bits per heavy atom. The van der Waals surface area contributed by atoms with E-state index in [0.717, 1.165) is 0 Å². The van der Waals surface area contributed by atoms with Gasteiger partial charge in [0.1, 0.15) is 5.75 Å². The van der Waals surface area contributed by atoms with E-state index in [4.69, 9.17) is 5.14 Å². The van der Waals surface area contributed by atoms with E-state index in [1.165, 1.54) is 24.3 Å². The van der Waals surface area contributed by atoms with Crippen molar-refractivity contribution in [3.05, 3.63) is 60.2 Å². The summed E-state index contributed by atoms with van der Waals surface area (Å²) in [4.78, 5) is 11.9. The van der Waals surface area contributed by atoms with Gasteiger partial charge in [-0.2, -0.15) is 13.6 Å². The molecule has 20 heavy (non-hydrogen) atoms. The number of carbonyl (C=O) groups excluding carboxylic acids is 1. The van der Waals surface area contributed by atoms with Crippen molar-refractivity contribution in [1.29, 1.82) is 0 Å². The molecule has 0 saturated heterocycles. The van der Waals surface area contributed by atoms with Gasteiger partial charge >= 0.3 is 10.3 Å². The first kappa shape index (κ1) is 14.0. The zero-order valence-corrected chi connectivity index (χ0v) is 11.1. The average molecular weight is 292 g/mol. The van der Waals surface area contributed by atoms with Crippen LogP contribution in [0.25, 0.3) is 0 Å². The van der Waals surface area contributed by atoms with Gasteiger partial charge in [-0.25, -0.2) is 0 Å². The highest BCUT2D eigenvalue weighted by Crippen LogP contribution is 2.17. The van der Waals surface area contributed by atoms with Gasteiger partial charge in [0.15, 0.2) is 0 Å². The van der Waals surface area contributed by atoms with Crippen LogP contribution in [-0.2, 0) is 10.3 Å². The summed E-state index contributed by atoms with van der Waals surface area (Å²) in [7, 11) is -4.04. The molecule has 104 valence electrons. The quantitative estimate of drug-likeness (QED) is 0.892. The number of benzene rings is 2. The first-order chi connectivity index (χ1) is 9.44. The maximum absolute atomic E-state index is 11.9. The summed E-state index contributed by atoms with van der Waals surface area (Å²) >= 11 is 0. The van der Waals surface area contributed by atoms with Crippen LogP contribution in [0, 0.1) is 0 Å². The molecule has 0 heterocycles. The fourth-order valence-electron chi connectivity index (χ4n) is 1.52. The van der Waals surface area contributed by atoms with Crippen LogP contribution in [0.4, 0.5) is 5.69 Å². The smallest absolute Gasteiger partial charge is 0.371 e. The van der Waals surface area contributed by atoms with Crippen LogP contribution in [0.15, 0.2) is 54.6 Å². The molecular formula is C13H12N2O4S. The number of carbonyl (C=O) groups is 1. The Labute approximate surface area is 116 Å². The highest BCUT2D eigenvalue weighted by atomic mass is 32.2. The lowest BCUT2D eigenvalue weighted by molar-refractivity contribution is 0.102. The van der Waals surface area contributed by atoms with Crippen LogP contribution in [0.5, 0.6) is 5.75 Å². The Morgan fingerprint density at radius 3 is 2.15 bits per heavy atom. The van der Waals surface area contributed by atoms with E-state index in [2.05, 4.69) is 9.50 Å². The average Bonchev–Trinajstić information content (AvgIpc) is 2.40. The molecule has 0 aliphatic rings. The third-order valence-corrected chi connectivity index (χ3v) is 2.79. The van der Waals surface area contributed by atoms with Gasteiger partial charge in [-0.1, -0.05) is 18.2 Å². The van der Waals surface area contributed by atoms with E-state index in [1.807, 2.05) is 6.07 Å². The number of amides is 1. The molecule has 1 amide bonds. The Balaban J connectivity index is 2.06. The van der Waals surface area contributed by atoms with Gasteiger partial charge < -0.3 is 9.50 Å². The number of rotatable bonds is 4. The molecule has 2 aromatic rings. The van der Waals surface area contributed by atoms with Gasteiger partial charge in [-0.3, -0.25) is 4.79 Å². The van der Waals surface area contributed by atoms with Gasteiger partial charge in [-0.15, -0.1) is 0 Å². The fraction of sp³-hybridized carbons (Fsp3) is 0. The Morgan fingerprint density at radius 2 is 1.60 bits per heavy atom. The monoisotopic (exact) mass is 292 g/mol. The van der Waals surface area contributed by atoms with Crippen molar-refractivity contribution in [2.75, 3.05) is 5.32 Å². The third kappa shape index (κ3) is 4.08. The molecule has 0 aliphatic heterocycles. The van der Waals surface area contributed by atoms with Gasteiger partial charge in [-0.05, 0) is 36.4 Å². The van der Waals surface area contributed by atoms with E-state index < -0.39 is 10.3 Å². The summed E-state index contributed by atoms with van der Waals surface area (Å²) in [6, 6.07) is 14.5. The van der Waals surface area contributed by atoms with Crippen molar-refractivity contribution in [2.24, 2.45) is 5.14 Å². The molecule has 2 rings (SSSR count). The molecule has 3 N–H and O–H groups in total. The fourth-order valence-corrected chi connectivity index (χ4v) is 1.90. The highest BCUT2D eigenvalue weighted by molar-refractivity contribution is 7.84. The number of nitrogens with two attached hydrogens (primary N) is 1. The number of hydrogen-bond donors (Lipinski definition) is 2. The molecule has 0 saturated carbocycles. The van der Waals surface area contributed by atoms with Crippen LogP contribution in [0.2, 0.25) is 0 Å². The predicted octanol–water partition coefficient (Wildman–Crippen LogP) is 1.52. The van der Waals surface area contributed by atoms with Crippen molar-refractivity contribution in [3.63, 3.8) is 0 Å². The number of anilines is 1. The lowest BCUT2D eigenvalue weighted by Crippen LogP contribution is -2.19. The summed E-state index contributed by atoms with van der Waals surface area (Å²) in [5.41, 5.74) is 1.04. The van der Waals surface area contributed by atoms with Crippen molar-refractivity contribution >= 4 is 21.9 Å². The van der Waals surface area contributed by atoms with E-state index in [-0.39, 0.29) is 11.7 Å². The zero-order valence-electron chi connectivity index (χ0n) is 10.3. The lowest BCUT2D eigenvalue weighted by Gasteiger charge is -2.06. The second kappa shape index (κ2) is 5.72. The van der Waals surface area contributed by atoms with Crippen LogP contribution < -0.4 is 14.6 Å². The van der Waals surface area contributed by atoms with Crippen molar-refractivity contribution in [1.82, 2.24) is 0 Å². The van der Waals surface area contributed by atoms with E-state index >= 15 is 0 Å². The minimum atomic E-state index is -4.04. The molecular weight excluding hydrogens is 280 g/mol. The largest absolute Gasteiger partial charge is 0.380 e. The van der Waals surface area contributed by atoms with Crippen LogP contribution in [0.3, 0.4) is 0 Å². The predicted molar refractivity (Wildman–Crippen MR) is 74.6 cm³/mol. The normalized spacial score (nSPS) is 10.8. The number of hydrogen-bond acceptors (Lipinski definition) is 4. The van der Waals surface area contributed by atoms with E-state index in [9.17, 15) is 13.2 Å². The molecule has 0 aliphatic carbocycles. The SMILES string of the molecule is NS(=O)(=O)Oc1ccc(NC(=O)c2ccccc2)cc1. The molecule has 0 atom stereocenters. The maximum atomic E-state index is 11.9. The topological polar surface area (TPSA) is 98.5 Å². The second-order valence-electron chi connectivity index (χ2n) is 3.92. The molecule has 7 heteroatoms. The maximum Gasteiger partial charge on any atom is 0.380 e. The molecule has 6 nitrogen and oxygen atoms in total. The summed E-state index contributed by atoms with van der Waals surface area (Å²) in [6.45, 7) is 0.